The number of rotatable bonds is 4. The molecule has 1 fully saturated rings. The molecule has 2 atom stereocenters. The molecule has 5 nitrogen and oxygen atoms in total. The first-order valence-electron chi connectivity index (χ1n) is 7.62. The van der Waals surface area contributed by atoms with Gasteiger partial charge in [-0.3, -0.25) is 9.59 Å². The third-order valence-electron chi connectivity index (χ3n) is 4.09. The quantitative estimate of drug-likeness (QED) is 0.851. The first kappa shape index (κ1) is 16.5. The number of amides is 2. The van der Waals surface area contributed by atoms with Gasteiger partial charge in [0, 0.05) is 34.3 Å². The summed E-state index contributed by atoms with van der Waals surface area (Å²) < 4.78 is 5.41. The predicted molar refractivity (Wildman–Crippen MR) is 84.2 cm³/mol. The summed E-state index contributed by atoms with van der Waals surface area (Å²) >= 11 is 0. The van der Waals surface area contributed by atoms with Gasteiger partial charge in [0.25, 0.3) is 5.91 Å². The van der Waals surface area contributed by atoms with Gasteiger partial charge in [-0.2, -0.15) is 0 Å². The lowest BCUT2D eigenvalue weighted by Gasteiger charge is -2.35. The number of benzene rings is 1. The van der Waals surface area contributed by atoms with E-state index in [0.29, 0.717) is 13.1 Å². The molecule has 1 aliphatic rings. The van der Waals surface area contributed by atoms with Crippen LogP contribution in [0, 0.1) is 5.92 Å². The molecule has 0 radical (unpaired) electrons. The molecule has 1 heterocycles. The summed E-state index contributed by atoms with van der Waals surface area (Å²) in [5.74, 6) is -0.0860. The summed E-state index contributed by atoms with van der Waals surface area (Å²) in [5.41, 5.74) is 0.844. The van der Waals surface area contributed by atoms with Gasteiger partial charge in [0.05, 0.1) is 5.92 Å². The van der Waals surface area contributed by atoms with E-state index in [2.05, 4.69) is 0 Å². The summed E-state index contributed by atoms with van der Waals surface area (Å²) in [6.07, 6.45) is 1.08. The number of hydrogen-bond acceptors (Lipinski definition) is 3. The van der Waals surface area contributed by atoms with E-state index in [1.54, 1.807) is 31.0 Å². The molecule has 0 aliphatic carbocycles. The number of likely N-dealkylation sites (tertiary alicyclic amines) is 1. The summed E-state index contributed by atoms with van der Waals surface area (Å²) in [4.78, 5) is 28.2. The molecule has 5 heteroatoms. The lowest BCUT2D eigenvalue weighted by molar-refractivity contribution is -0.146. The Hall–Kier alpha value is -1.88. The lowest BCUT2D eigenvalue weighted by atomic mass is 9.95. The maximum atomic E-state index is 12.7. The van der Waals surface area contributed by atoms with Crippen molar-refractivity contribution in [1.82, 2.24) is 9.80 Å². The van der Waals surface area contributed by atoms with Crippen molar-refractivity contribution in [1.29, 1.82) is 0 Å². The number of nitrogens with zero attached hydrogens (tertiary/aromatic N) is 2. The molecule has 2 rings (SSSR count). The van der Waals surface area contributed by atoms with Gasteiger partial charge in [-0.25, -0.2) is 0 Å². The Balaban J connectivity index is 2.09. The molecule has 0 saturated carbocycles. The molecule has 1 aliphatic heterocycles. The SMILES string of the molecule is COC(C(=O)N1CCCC(C(=O)N(C)C)C1)c1ccccc1. The Labute approximate surface area is 131 Å². The van der Waals surface area contributed by atoms with Crippen LogP contribution >= 0.6 is 0 Å². The molecule has 0 N–H and O–H groups in total. The molecular formula is C17H24N2O3. The van der Waals surface area contributed by atoms with Gasteiger partial charge in [-0.05, 0) is 18.4 Å². The third kappa shape index (κ3) is 3.65. The molecule has 1 aromatic carbocycles. The third-order valence-corrected chi connectivity index (χ3v) is 4.09. The highest BCUT2D eigenvalue weighted by atomic mass is 16.5. The second-order valence-electron chi connectivity index (χ2n) is 5.88. The highest BCUT2D eigenvalue weighted by Crippen LogP contribution is 2.24. The van der Waals surface area contributed by atoms with Crippen molar-refractivity contribution < 1.29 is 14.3 Å². The van der Waals surface area contributed by atoms with Crippen LogP contribution < -0.4 is 0 Å². The van der Waals surface area contributed by atoms with Crippen LogP contribution in [0.4, 0.5) is 0 Å². The van der Waals surface area contributed by atoms with Crippen molar-refractivity contribution in [2.45, 2.75) is 18.9 Å². The second kappa shape index (κ2) is 7.40. The largest absolute Gasteiger partial charge is 0.367 e. The fourth-order valence-corrected chi connectivity index (χ4v) is 2.92. The van der Waals surface area contributed by atoms with E-state index in [4.69, 9.17) is 4.74 Å². The fraction of sp³-hybridized carbons (Fsp3) is 0.529. The maximum Gasteiger partial charge on any atom is 0.256 e. The smallest absolute Gasteiger partial charge is 0.256 e. The molecule has 120 valence electrons. The summed E-state index contributed by atoms with van der Waals surface area (Å²) in [6, 6.07) is 9.47. The minimum absolute atomic E-state index is 0.0649. The van der Waals surface area contributed by atoms with Crippen LogP contribution in [0.5, 0.6) is 0 Å². The van der Waals surface area contributed by atoms with Crippen LogP contribution in [0.3, 0.4) is 0 Å². The molecule has 2 unspecified atom stereocenters. The predicted octanol–water partition coefficient (Wildman–Crippen LogP) is 1.70. The Morgan fingerprint density at radius 1 is 1.27 bits per heavy atom. The Kier molecular flexibility index (Phi) is 5.55. The molecule has 0 aromatic heterocycles. The average molecular weight is 304 g/mol. The number of carbonyl (C=O) groups excluding carboxylic acids is 2. The van der Waals surface area contributed by atoms with E-state index in [1.807, 2.05) is 30.3 Å². The first-order chi connectivity index (χ1) is 10.5. The van der Waals surface area contributed by atoms with Crippen molar-refractivity contribution >= 4 is 11.8 Å². The summed E-state index contributed by atoms with van der Waals surface area (Å²) in [7, 11) is 5.05. The van der Waals surface area contributed by atoms with Gasteiger partial charge in [-0.1, -0.05) is 30.3 Å². The van der Waals surface area contributed by atoms with Crippen LogP contribution in [-0.4, -0.2) is 55.9 Å². The first-order valence-corrected chi connectivity index (χ1v) is 7.62. The molecule has 22 heavy (non-hydrogen) atoms. The van der Waals surface area contributed by atoms with E-state index in [0.717, 1.165) is 18.4 Å². The highest BCUT2D eigenvalue weighted by molar-refractivity contribution is 5.84. The van der Waals surface area contributed by atoms with Crippen LogP contribution in [0.25, 0.3) is 0 Å². The van der Waals surface area contributed by atoms with Crippen molar-refractivity contribution in [2.24, 2.45) is 5.92 Å². The van der Waals surface area contributed by atoms with Crippen LogP contribution in [0.1, 0.15) is 24.5 Å². The van der Waals surface area contributed by atoms with Gasteiger partial charge < -0.3 is 14.5 Å². The van der Waals surface area contributed by atoms with Gasteiger partial charge in [0.1, 0.15) is 0 Å². The number of hydrogen-bond donors (Lipinski definition) is 0. The van der Waals surface area contributed by atoms with Crippen molar-refractivity contribution in [3.63, 3.8) is 0 Å². The highest BCUT2D eigenvalue weighted by Gasteiger charge is 2.33. The lowest BCUT2D eigenvalue weighted by Crippen LogP contribution is -2.46. The monoisotopic (exact) mass is 304 g/mol. The zero-order valence-corrected chi connectivity index (χ0v) is 13.5. The van der Waals surface area contributed by atoms with Crippen molar-refractivity contribution in [3.05, 3.63) is 35.9 Å². The van der Waals surface area contributed by atoms with Gasteiger partial charge >= 0.3 is 0 Å². The van der Waals surface area contributed by atoms with Gasteiger partial charge in [-0.15, -0.1) is 0 Å². The summed E-state index contributed by atoms with van der Waals surface area (Å²) in [6.45, 7) is 1.16. The topological polar surface area (TPSA) is 49.9 Å². The normalized spacial score (nSPS) is 19.6. The Morgan fingerprint density at radius 3 is 2.55 bits per heavy atom. The maximum absolute atomic E-state index is 12.7. The van der Waals surface area contributed by atoms with Gasteiger partial charge in [0.2, 0.25) is 5.91 Å². The van der Waals surface area contributed by atoms with E-state index in [9.17, 15) is 9.59 Å². The minimum Gasteiger partial charge on any atom is -0.367 e. The molecule has 1 saturated heterocycles. The van der Waals surface area contributed by atoms with Crippen molar-refractivity contribution in [3.8, 4) is 0 Å². The number of piperidine rings is 1. The molecule has 0 spiro atoms. The van der Waals surface area contributed by atoms with Gasteiger partial charge in [0.15, 0.2) is 6.10 Å². The Morgan fingerprint density at radius 2 is 1.95 bits per heavy atom. The van der Waals surface area contributed by atoms with E-state index in [1.165, 1.54) is 0 Å². The number of methoxy groups -OCH3 is 1. The van der Waals surface area contributed by atoms with E-state index < -0.39 is 6.10 Å². The molecule has 1 aromatic rings. The summed E-state index contributed by atoms with van der Waals surface area (Å²) in [5, 5.41) is 0. The zero-order chi connectivity index (χ0) is 16.1. The van der Waals surface area contributed by atoms with E-state index >= 15 is 0 Å². The molecule has 2 amide bonds. The number of carbonyl (C=O) groups is 2. The minimum atomic E-state index is -0.602. The fourth-order valence-electron chi connectivity index (χ4n) is 2.92. The number of ether oxygens (including phenoxy) is 1. The van der Waals surface area contributed by atoms with E-state index in [-0.39, 0.29) is 17.7 Å². The van der Waals surface area contributed by atoms with Crippen molar-refractivity contribution in [2.75, 3.05) is 34.3 Å². The molecular weight excluding hydrogens is 280 g/mol. The standard InChI is InChI=1S/C17H24N2O3/c1-18(2)16(20)14-10-7-11-19(12-14)17(21)15(22-3)13-8-5-4-6-9-13/h4-6,8-9,14-15H,7,10-12H2,1-3H3. The van der Waals surface area contributed by atoms with Crippen LogP contribution in [0.15, 0.2) is 30.3 Å². The van der Waals surface area contributed by atoms with Crippen LogP contribution in [0.2, 0.25) is 0 Å². The average Bonchev–Trinajstić information content (AvgIpc) is 2.55. The molecule has 0 bridgehead atoms. The Bertz CT molecular complexity index is 516. The van der Waals surface area contributed by atoms with Crippen LogP contribution in [-0.2, 0) is 14.3 Å². The second-order valence-corrected chi connectivity index (χ2v) is 5.88. The zero-order valence-electron chi connectivity index (χ0n) is 13.5.